The molecule has 4 nitrogen and oxygen atoms in total. The van der Waals surface area contributed by atoms with Gasteiger partial charge in [-0.25, -0.2) is 4.68 Å². The molecule has 84 valence electrons. The molecule has 0 bridgehead atoms. The lowest BCUT2D eigenvalue weighted by molar-refractivity contribution is -0.107. The summed E-state index contributed by atoms with van der Waals surface area (Å²) in [5.41, 5.74) is 2.08. The van der Waals surface area contributed by atoms with E-state index in [9.17, 15) is 4.79 Å². The molecule has 4 heteroatoms. The molecule has 15 heavy (non-hydrogen) atoms. The first-order valence-electron chi connectivity index (χ1n) is 5.34. The Morgan fingerprint density at radius 2 is 2.13 bits per heavy atom. The van der Waals surface area contributed by atoms with Crippen LogP contribution in [0.2, 0.25) is 0 Å². The Morgan fingerprint density at radius 1 is 1.47 bits per heavy atom. The van der Waals surface area contributed by atoms with Crippen molar-refractivity contribution in [3.05, 3.63) is 11.3 Å². The van der Waals surface area contributed by atoms with Gasteiger partial charge in [0.1, 0.15) is 5.82 Å². The van der Waals surface area contributed by atoms with E-state index in [1.54, 1.807) is 11.9 Å². The van der Waals surface area contributed by atoms with Gasteiger partial charge in [-0.1, -0.05) is 13.3 Å². The van der Waals surface area contributed by atoms with E-state index in [4.69, 9.17) is 0 Å². The molecule has 0 fully saturated rings. The molecule has 0 saturated carbocycles. The largest absolute Gasteiger partial charge is 0.303 e. The fourth-order valence-corrected chi connectivity index (χ4v) is 1.62. The number of carbonyl (C=O) groups is 1. The van der Waals surface area contributed by atoms with Crippen molar-refractivity contribution in [2.45, 2.75) is 40.2 Å². The Balaban J connectivity index is 3.03. The second-order valence-electron chi connectivity index (χ2n) is 3.83. The van der Waals surface area contributed by atoms with Crippen molar-refractivity contribution in [3.63, 3.8) is 0 Å². The first-order chi connectivity index (χ1) is 7.11. The van der Waals surface area contributed by atoms with Crippen LogP contribution in [0.3, 0.4) is 0 Å². The molecule has 0 spiro atoms. The minimum atomic E-state index is 0.825. The molecule has 1 aromatic heterocycles. The topological polar surface area (TPSA) is 38.1 Å². The van der Waals surface area contributed by atoms with Crippen LogP contribution in [0.25, 0.3) is 0 Å². The van der Waals surface area contributed by atoms with Crippen molar-refractivity contribution in [2.24, 2.45) is 0 Å². The van der Waals surface area contributed by atoms with Gasteiger partial charge in [0.15, 0.2) is 0 Å². The van der Waals surface area contributed by atoms with Gasteiger partial charge in [0.2, 0.25) is 6.41 Å². The fraction of sp³-hybridized carbons (Fsp3) is 0.636. The molecule has 1 aromatic rings. The molecular formula is C11H19N3O. The molecule has 0 atom stereocenters. The third kappa shape index (κ3) is 2.37. The van der Waals surface area contributed by atoms with Gasteiger partial charge < -0.3 is 4.90 Å². The second-order valence-corrected chi connectivity index (χ2v) is 3.83. The maximum Gasteiger partial charge on any atom is 0.215 e. The Morgan fingerprint density at radius 3 is 2.67 bits per heavy atom. The van der Waals surface area contributed by atoms with E-state index < -0.39 is 0 Å². The number of anilines is 1. The first-order valence-corrected chi connectivity index (χ1v) is 5.34. The minimum Gasteiger partial charge on any atom is -0.303 e. The Hall–Kier alpha value is -1.32. The summed E-state index contributed by atoms with van der Waals surface area (Å²) in [6.45, 7) is 6.99. The van der Waals surface area contributed by atoms with Gasteiger partial charge in [0.05, 0.1) is 5.69 Å². The number of rotatable bonds is 5. The minimum absolute atomic E-state index is 0.825. The molecule has 0 saturated heterocycles. The van der Waals surface area contributed by atoms with Crippen LogP contribution < -0.4 is 4.90 Å². The van der Waals surface area contributed by atoms with Crippen LogP contribution in [0.15, 0.2) is 0 Å². The van der Waals surface area contributed by atoms with Gasteiger partial charge in [-0.15, -0.1) is 0 Å². The zero-order valence-electron chi connectivity index (χ0n) is 9.95. The SMILES string of the molecule is CCCCn1nc(C)c(C)c1N(C)C=O. The number of amides is 1. The lowest BCUT2D eigenvalue weighted by Gasteiger charge is -2.14. The highest BCUT2D eigenvalue weighted by Gasteiger charge is 2.14. The van der Waals surface area contributed by atoms with Crippen LogP contribution in [0.1, 0.15) is 31.0 Å². The Kier molecular flexibility index (Phi) is 3.88. The van der Waals surface area contributed by atoms with E-state index in [0.29, 0.717) is 0 Å². The van der Waals surface area contributed by atoms with Crippen molar-refractivity contribution in [1.29, 1.82) is 0 Å². The maximum atomic E-state index is 10.8. The predicted molar refractivity (Wildman–Crippen MR) is 61.1 cm³/mol. The van der Waals surface area contributed by atoms with Crippen molar-refractivity contribution in [2.75, 3.05) is 11.9 Å². The summed E-state index contributed by atoms with van der Waals surface area (Å²) in [6, 6.07) is 0. The summed E-state index contributed by atoms with van der Waals surface area (Å²) in [5.74, 6) is 0.913. The average molecular weight is 209 g/mol. The highest BCUT2D eigenvalue weighted by atomic mass is 16.1. The Labute approximate surface area is 90.9 Å². The summed E-state index contributed by atoms with van der Waals surface area (Å²) < 4.78 is 1.92. The number of hydrogen-bond donors (Lipinski definition) is 0. The zero-order chi connectivity index (χ0) is 11.4. The van der Waals surface area contributed by atoms with Crippen LogP contribution >= 0.6 is 0 Å². The van der Waals surface area contributed by atoms with Gasteiger partial charge >= 0.3 is 0 Å². The second kappa shape index (κ2) is 4.96. The highest BCUT2D eigenvalue weighted by Crippen LogP contribution is 2.21. The lowest BCUT2D eigenvalue weighted by Crippen LogP contribution is -2.19. The van der Waals surface area contributed by atoms with Crippen molar-refractivity contribution in [3.8, 4) is 0 Å². The summed E-state index contributed by atoms with van der Waals surface area (Å²) in [4.78, 5) is 12.4. The lowest BCUT2D eigenvalue weighted by atomic mass is 10.2. The normalized spacial score (nSPS) is 10.4. The van der Waals surface area contributed by atoms with Gasteiger partial charge in [-0.05, 0) is 20.3 Å². The van der Waals surface area contributed by atoms with Crippen LogP contribution in [0.4, 0.5) is 5.82 Å². The van der Waals surface area contributed by atoms with E-state index in [2.05, 4.69) is 12.0 Å². The molecule has 0 aromatic carbocycles. The van der Waals surface area contributed by atoms with Crippen molar-refractivity contribution < 1.29 is 4.79 Å². The molecule has 1 amide bonds. The van der Waals surface area contributed by atoms with Gasteiger partial charge in [-0.3, -0.25) is 4.79 Å². The molecule has 0 aliphatic rings. The zero-order valence-corrected chi connectivity index (χ0v) is 9.95. The summed E-state index contributed by atoms with van der Waals surface area (Å²) >= 11 is 0. The Bertz CT molecular complexity index is 344. The quantitative estimate of drug-likeness (QED) is 0.695. The molecule has 0 radical (unpaired) electrons. The number of nitrogens with zero attached hydrogens (tertiary/aromatic N) is 3. The van der Waals surface area contributed by atoms with E-state index in [0.717, 1.165) is 42.9 Å². The van der Waals surface area contributed by atoms with Crippen LogP contribution in [-0.4, -0.2) is 23.2 Å². The number of carbonyl (C=O) groups excluding carboxylic acids is 1. The highest BCUT2D eigenvalue weighted by molar-refractivity contribution is 5.74. The predicted octanol–water partition coefficient (Wildman–Crippen LogP) is 1.89. The number of aromatic nitrogens is 2. The third-order valence-corrected chi connectivity index (χ3v) is 2.61. The summed E-state index contributed by atoms with van der Waals surface area (Å²) in [6.07, 6.45) is 3.04. The van der Waals surface area contributed by atoms with E-state index in [-0.39, 0.29) is 0 Å². The van der Waals surface area contributed by atoms with E-state index >= 15 is 0 Å². The summed E-state index contributed by atoms with van der Waals surface area (Å²) in [5, 5.41) is 4.43. The molecular weight excluding hydrogens is 190 g/mol. The van der Waals surface area contributed by atoms with Crippen molar-refractivity contribution >= 4 is 12.2 Å². The third-order valence-electron chi connectivity index (χ3n) is 2.61. The molecule has 0 N–H and O–H groups in total. The molecule has 0 unspecified atom stereocenters. The first kappa shape index (κ1) is 11.8. The van der Waals surface area contributed by atoms with Crippen LogP contribution in [-0.2, 0) is 11.3 Å². The van der Waals surface area contributed by atoms with Crippen LogP contribution in [0.5, 0.6) is 0 Å². The summed E-state index contributed by atoms with van der Waals surface area (Å²) in [7, 11) is 1.76. The van der Waals surface area contributed by atoms with E-state index in [1.807, 2.05) is 18.5 Å². The molecule has 1 rings (SSSR count). The number of unbranched alkanes of at least 4 members (excludes halogenated alkanes) is 1. The molecule has 0 aliphatic heterocycles. The standard InChI is InChI=1S/C11H19N3O/c1-5-6-7-14-11(13(4)8-15)9(2)10(3)12-14/h8H,5-7H2,1-4H3. The van der Waals surface area contributed by atoms with E-state index in [1.165, 1.54) is 0 Å². The van der Waals surface area contributed by atoms with Crippen molar-refractivity contribution in [1.82, 2.24) is 9.78 Å². The molecule has 1 heterocycles. The van der Waals surface area contributed by atoms with Gasteiger partial charge in [0, 0.05) is 19.2 Å². The fourth-order valence-electron chi connectivity index (χ4n) is 1.62. The molecule has 0 aliphatic carbocycles. The maximum absolute atomic E-state index is 10.8. The van der Waals surface area contributed by atoms with Crippen LogP contribution in [0, 0.1) is 13.8 Å². The monoisotopic (exact) mass is 209 g/mol. The smallest absolute Gasteiger partial charge is 0.215 e. The number of hydrogen-bond acceptors (Lipinski definition) is 2. The van der Waals surface area contributed by atoms with Gasteiger partial charge in [0.25, 0.3) is 0 Å². The number of aryl methyl sites for hydroxylation is 2. The van der Waals surface area contributed by atoms with Gasteiger partial charge in [-0.2, -0.15) is 5.10 Å². The average Bonchev–Trinajstić information content (AvgIpc) is 2.51.